The highest BCUT2D eigenvalue weighted by Gasteiger charge is 2.26. The molecule has 1 atom stereocenters. The van der Waals surface area contributed by atoms with E-state index in [2.05, 4.69) is 20.0 Å². The third-order valence-corrected chi connectivity index (χ3v) is 5.40. The Balaban J connectivity index is 1.49. The first-order valence-electron chi connectivity index (χ1n) is 9.43. The minimum Gasteiger partial charge on any atom is -0.467 e. The maximum Gasteiger partial charge on any atom is 0.316 e. The Hall–Kier alpha value is -2.28. The molecule has 0 spiro atoms. The predicted molar refractivity (Wildman–Crippen MR) is 97.2 cm³/mol. The zero-order chi connectivity index (χ0) is 17.9. The summed E-state index contributed by atoms with van der Waals surface area (Å²) in [6.07, 6.45) is 8.25. The number of aryl methyl sites for hydroxylation is 2. The molecule has 2 aliphatic rings. The van der Waals surface area contributed by atoms with Crippen LogP contribution in [0.2, 0.25) is 0 Å². The van der Waals surface area contributed by atoms with Gasteiger partial charge in [0, 0.05) is 24.8 Å². The van der Waals surface area contributed by atoms with Crippen molar-refractivity contribution in [3.63, 3.8) is 0 Å². The van der Waals surface area contributed by atoms with Crippen LogP contribution < -0.4 is 10.3 Å². The average molecular weight is 355 g/mol. The van der Waals surface area contributed by atoms with Crippen LogP contribution in [-0.2, 0) is 25.9 Å². The molecule has 1 fully saturated rings. The van der Waals surface area contributed by atoms with Crippen LogP contribution in [0.15, 0.2) is 23.1 Å². The van der Waals surface area contributed by atoms with Gasteiger partial charge in [-0.2, -0.15) is 10.1 Å². The SMILES string of the molecule is COc1nccc(CN2CCCC2Cn2nc3c(cc2=O)CCCC3)n1. The minimum absolute atomic E-state index is 0.0289. The molecule has 26 heavy (non-hydrogen) atoms. The predicted octanol–water partition coefficient (Wildman–Crippen LogP) is 1.59. The molecular formula is C19H25N5O2. The maximum atomic E-state index is 12.5. The first kappa shape index (κ1) is 17.1. The molecule has 7 heteroatoms. The van der Waals surface area contributed by atoms with E-state index in [1.165, 1.54) is 6.42 Å². The van der Waals surface area contributed by atoms with Gasteiger partial charge in [0.2, 0.25) is 0 Å². The number of rotatable bonds is 5. The van der Waals surface area contributed by atoms with Gasteiger partial charge >= 0.3 is 6.01 Å². The molecule has 1 saturated heterocycles. The Labute approximate surface area is 153 Å². The van der Waals surface area contributed by atoms with Crippen molar-refractivity contribution in [1.29, 1.82) is 0 Å². The average Bonchev–Trinajstić information content (AvgIpc) is 3.09. The van der Waals surface area contributed by atoms with E-state index in [4.69, 9.17) is 4.74 Å². The minimum atomic E-state index is 0.0289. The summed E-state index contributed by atoms with van der Waals surface area (Å²) in [5.74, 6) is 0. The molecule has 2 aromatic heterocycles. The van der Waals surface area contributed by atoms with Gasteiger partial charge in [-0.05, 0) is 56.7 Å². The van der Waals surface area contributed by atoms with Gasteiger partial charge in [0.1, 0.15) is 0 Å². The Morgan fingerprint density at radius 1 is 1.27 bits per heavy atom. The lowest BCUT2D eigenvalue weighted by atomic mass is 9.97. The summed E-state index contributed by atoms with van der Waals surface area (Å²) in [5.41, 5.74) is 3.23. The van der Waals surface area contributed by atoms with Crippen LogP contribution in [0.25, 0.3) is 0 Å². The van der Waals surface area contributed by atoms with Crippen LogP contribution in [0.3, 0.4) is 0 Å². The summed E-state index contributed by atoms with van der Waals surface area (Å²) in [6, 6.07) is 4.42. The monoisotopic (exact) mass is 355 g/mol. The van der Waals surface area contributed by atoms with Crippen molar-refractivity contribution >= 4 is 0 Å². The van der Waals surface area contributed by atoms with Crippen LogP contribution in [0.4, 0.5) is 0 Å². The van der Waals surface area contributed by atoms with Crippen LogP contribution >= 0.6 is 0 Å². The van der Waals surface area contributed by atoms with Crippen LogP contribution in [-0.4, -0.2) is 44.3 Å². The summed E-state index contributed by atoms with van der Waals surface area (Å²) >= 11 is 0. The summed E-state index contributed by atoms with van der Waals surface area (Å²) < 4.78 is 6.79. The van der Waals surface area contributed by atoms with Gasteiger partial charge in [-0.3, -0.25) is 9.69 Å². The molecule has 3 heterocycles. The Morgan fingerprint density at radius 2 is 2.15 bits per heavy atom. The van der Waals surface area contributed by atoms with Crippen molar-refractivity contribution in [3.05, 3.63) is 45.6 Å². The number of aromatic nitrogens is 4. The summed E-state index contributed by atoms with van der Waals surface area (Å²) in [5, 5.41) is 4.68. The fourth-order valence-electron chi connectivity index (χ4n) is 4.01. The van der Waals surface area contributed by atoms with E-state index in [9.17, 15) is 4.79 Å². The number of likely N-dealkylation sites (tertiary alicyclic amines) is 1. The van der Waals surface area contributed by atoms with Crippen molar-refractivity contribution in [2.24, 2.45) is 0 Å². The highest BCUT2D eigenvalue weighted by Crippen LogP contribution is 2.22. The van der Waals surface area contributed by atoms with E-state index in [-0.39, 0.29) is 5.56 Å². The van der Waals surface area contributed by atoms with E-state index in [0.717, 1.165) is 62.1 Å². The molecule has 1 unspecified atom stereocenters. The van der Waals surface area contributed by atoms with Gasteiger partial charge in [0.05, 0.1) is 25.0 Å². The second kappa shape index (κ2) is 7.53. The third-order valence-electron chi connectivity index (χ3n) is 5.40. The number of fused-ring (bicyclic) bond motifs is 1. The summed E-state index contributed by atoms with van der Waals surface area (Å²) in [4.78, 5) is 23.3. The lowest BCUT2D eigenvalue weighted by Gasteiger charge is -2.25. The lowest BCUT2D eigenvalue weighted by Crippen LogP contribution is -2.37. The van der Waals surface area contributed by atoms with Gasteiger partial charge in [-0.15, -0.1) is 0 Å². The number of hydrogen-bond acceptors (Lipinski definition) is 6. The highest BCUT2D eigenvalue weighted by atomic mass is 16.5. The second-order valence-electron chi connectivity index (χ2n) is 7.14. The van der Waals surface area contributed by atoms with Gasteiger partial charge in [0.15, 0.2) is 0 Å². The number of ether oxygens (including phenoxy) is 1. The number of methoxy groups -OCH3 is 1. The molecule has 0 radical (unpaired) electrons. The van der Waals surface area contributed by atoms with E-state index >= 15 is 0 Å². The Morgan fingerprint density at radius 3 is 3.04 bits per heavy atom. The fraction of sp³-hybridized carbons (Fsp3) is 0.579. The summed E-state index contributed by atoms with van der Waals surface area (Å²) in [7, 11) is 1.58. The van der Waals surface area contributed by atoms with Crippen molar-refractivity contribution in [3.8, 4) is 6.01 Å². The molecule has 0 bridgehead atoms. The standard InChI is InChI=1S/C19H25N5O2/c1-26-19-20-9-8-15(21-19)12-23-10-4-6-16(23)13-24-18(25)11-14-5-2-3-7-17(14)22-24/h8-9,11,16H,2-7,10,12-13H2,1H3. The zero-order valence-corrected chi connectivity index (χ0v) is 15.2. The van der Waals surface area contributed by atoms with Gasteiger partial charge in [-0.1, -0.05) is 0 Å². The Kier molecular flexibility index (Phi) is 4.97. The first-order valence-corrected chi connectivity index (χ1v) is 9.43. The summed E-state index contributed by atoms with van der Waals surface area (Å²) in [6.45, 7) is 2.40. The maximum absolute atomic E-state index is 12.5. The van der Waals surface area contributed by atoms with E-state index < -0.39 is 0 Å². The van der Waals surface area contributed by atoms with Crippen LogP contribution in [0.5, 0.6) is 6.01 Å². The largest absolute Gasteiger partial charge is 0.467 e. The van der Waals surface area contributed by atoms with Gasteiger partial charge in [-0.25, -0.2) is 9.67 Å². The molecular weight excluding hydrogens is 330 g/mol. The van der Waals surface area contributed by atoms with Crippen molar-refractivity contribution in [2.75, 3.05) is 13.7 Å². The molecule has 0 N–H and O–H groups in total. The van der Waals surface area contributed by atoms with E-state index in [1.807, 2.05) is 6.07 Å². The van der Waals surface area contributed by atoms with Crippen molar-refractivity contribution in [2.45, 2.75) is 57.7 Å². The molecule has 7 nitrogen and oxygen atoms in total. The second-order valence-corrected chi connectivity index (χ2v) is 7.14. The Bertz CT molecular complexity index is 835. The molecule has 2 aromatic rings. The fourth-order valence-corrected chi connectivity index (χ4v) is 4.01. The molecule has 0 aromatic carbocycles. The zero-order valence-electron chi connectivity index (χ0n) is 15.2. The van der Waals surface area contributed by atoms with E-state index in [1.54, 1.807) is 24.1 Å². The first-order chi connectivity index (χ1) is 12.7. The van der Waals surface area contributed by atoms with Gasteiger partial charge < -0.3 is 4.74 Å². The van der Waals surface area contributed by atoms with Crippen LogP contribution in [0, 0.1) is 0 Å². The smallest absolute Gasteiger partial charge is 0.316 e. The molecule has 138 valence electrons. The number of nitrogens with zero attached hydrogens (tertiary/aromatic N) is 5. The molecule has 1 aliphatic carbocycles. The topological polar surface area (TPSA) is 73.1 Å². The molecule has 1 aliphatic heterocycles. The van der Waals surface area contributed by atoms with Crippen LogP contribution in [0.1, 0.15) is 42.6 Å². The normalized spacial score (nSPS) is 20.1. The van der Waals surface area contributed by atoms with Gasteiger partial charge in [0.25, 0.3) is 5.56 Å². The third kappa shape index (κ3) is 3.62. The molecule has 0 saturated carbocycles. The van der Waals surface area contributed by atoms with E-state index in [0.29, 0.717) is 18.6 Å². The highest BCUT2D eigenvalue weighted by molar-refractivity contribution is 5.20. The lowest BCUT2D eigenvalue weighted by molar-refractivity contribution is 0.212. The van der Waals surface area contributed by atoms with Crippen molar-refractivity contribution in [1.82, 2.24) is 24.6 Å². The molecule has 0 amide bonds. The van der Waals surface area contributed by atoms with Crippen molar-refractivity contribution < 1.29 is 4.74 Å². The molecule has 4 rings (SSSR count). The quantitative estimate of drug-likeness (QED) is 0.811. The number of hydrogen-bond donors (Lipinski definition) is 0.